The summed E-state index contributed by atoms with van der Waals surface area (Å²) in [5.41, 5.74) is 18.1. The number of thiazole rings is 1. The largest absolute Gasteiger partial charge is 0.370 e. The Balaban J connectivity index is 1.33. The van der Waals surface area contributed by atoms with Gasteiger partial charge >= 0.3 is 0 Å². The van der Waals surface area contributed by atoms with Gasteiger partial charge in [0.15, 0.2) is 11.0 Å². The van der Waals surface area contributed by atoms with Crippen LogP contribution in [0.2, 0.25) is 0 Å². The lowest BCUT2D eigenvalue weighted by atomic mass is 9.85. The van der Waals surface area contributed by atoms with Crippen LogP contribution in [0.5, 0.6) is 0 Å². The van der Waals surface area contributed by atoms with Crippen LogP contribution in [-0.2, 0) is 16.0 Å². The van der Waals surface area contributed by atoms with Gasteiger partial charge in [-0.1, -0.05) is 42.5 Å². The third-order valence-electron chi connectivity index (χ3n) is 7.46. The average Bonchev–Trinajstić information content (AvgIpc) is 3.57. The van der Waals surface area contributed by atoms with E-state index in [9.17, 15) is 14.4 Å². The third kappa shape index (κ3) is 5.83. The lowest BCUT2D eigenvalue weighted by molar-refractivity contribution is -0.165. The summed E-state index contributed by atoms with van der Waals surface area (Å²) in [6.07, 6.45) is 2.12. The van der Waals surface area contributed by atoms with Crippen LogP contribution in [0.25, 0.3) is 10.2 Å². The molecule has 210 valence electrons. The van der Waals surface area contributed by atoms with Gasteiger partial charge in [-0.15, -0.1) is 11.3 Å². The normalized spacial score (nSPS) is 21.7. The van der Waals surface area contributed by atoms with E-state index in [4.69, 9.17) is 17.2 Å². The lowest BCUT2D eigenvalue weighted by Gasteiger charge is -2.44. The van der Waals surface area contributed by atoms with E-state index in [2.05, 4.69) is 15.3 Å². The number of nitrogens with two attached hydrogens (primary N) is 3. The molecule has 7 N–H and O–H groups in total. The summed E-state index contributed by atoms with van der Waals surface area (Å²) >= 11 is 1.29. The predicted octanol–water partition coefficient (Wildman–Crippen LogP) is 1.18. The van der Waals surface area contributed by atoms with E-state index in [1.165, 1.54) is 16.3 Å². The second-order valence-electron chi connectivity index (χ2n) is 10.3. The first-order chi connectivity index (χ1) is 19.2. The van der Waals surface area contributed by atoms with Crippen molar-refractivity contribution >= 4 is 45.1 Å². The summed E-state index contributed by atoms with van der Waals surface area (Å²) in [7, 11) is 0. The minimum Gasteiger partial charge on any atom is -0.370 e. The van der Waals surface area contributed by atoms with Crippen molar-refractivity contribution in [3.05, 3.63) is 65.2 Å². The standard InChI is InChI=1S/C28H34N8O3S/c29-27(30)32-14-6-10-20(23(37)25-34-19-9-4-5-11-22(19)40-25)33-24(38)21-12-15-35-16-13-28(31,26(39)36(21)35)17-18-7-2-1-3-8-18/h1-5,7-9,11,20-21H,6,10,12-17,31H2,(H,33,38)(H4,29,30,32)/t20-,21-,28-/m0/s1. The number of carbonyl (C=O) groups is 3. The molecule has 0 saturated carbocycles. The van der Waals surface area contributed by atoms with E-state index in [-0.39, 0.29) is 23.6 Å². The number of Topliss-reactive ketones (excluding diaryl/α,β-unsaturated/α-hetero) is 1. The smallest absolute Gasteiger partial charge is 0.258 e. The van der Waals surface area contributed by atoms with Crippen LogP contribution in [-0.4, -0.2) is 75.8 Å². The second-order valence-corrected chi connectivity index (χ2v) is 11.4. The molecule has 3 heterocycles. The van der Waals surface area contributed by atoms with Gasteiger partial charge in [0.1, 0.15) is 11.6 Å². The van der Waals surface area contributed by atoms with Crippen molar-refractivity contribution in [2.75, 3.05) is 19.6 Å². The summed E-state index contributed by atoms with van der Waals surface area (Å²) in [6, 6.07) is 15.5. The van der Waals surface area contributed by atoms with Gasteiger partial charge < -0.3 is 22.5 Å². The maximum absolute atomic E-state index is 13.7. The Hall–Kier alpha value is -3.87. The van der Waals surface area contributed by atoms with Crippen molar-refractivity contribution in [3.8, 4) is 0 Å². The van der Waals surface area contributed by atoms with Crippen LogP contribution < -0.4 is 22.5 Å². The molecular formula is C28H34N8O3S. The number of ketones is 1. The molecule has 0 aliphatic carbocycles. The fraction of sp³-hybridized carbons (Fsp3) is 0.393. The van der Waals surface area contributed by atoms with Crippen molar-refractivity contribution in [1.29, 1.82) is 0 Å². The molecule has 0 bridgehead atoms. The number of fused-ring (bicyclic) bond motifs is 2. The first-order valence-electron chi connectivity index (χ1n) is 13.4. The van der Waals surface area contributed by atoms with E-state index in [0.29, 0.717) is 56.7 Å². The van der Waals surface area contributed by atoms with Crippen molar-refractivity contribution in [2.45, 2.75) is 49.7 Å². The first-order valence-corrected chi connectivity index (χ1v) is 14.2. The highest BCUT2D eigenvalue weighted by atomic mass is 32.1. The highest BCUT2D eigenvalue weighted by Gasteiger charge is 2.51. The van der Waals surface area contributed by atoms with E-state index < -0.39 is 17.6 Å². The molecule has 0 spiro atoms. The zero-order valence-corrected chi connectivity index (χ0v) is 23.0. The number of nitrogens with zero attached hydrogens (tertiary/aromatic N) is 4. The number of guanidine groups is 1. The summed E-state index contributed by atoms with van der Waals surface area (Å²) in [5, 5.41) is 6.65. The molecule has 0 radical (unpaired) electrons. The Morgan fingerprint density at radius 1 is 1.12 bits per heavy atom. The average molecular weight is 563 g/mol. The van der Waals surface area contributed by atoms with Crippen LogP contribution in [0.1, 0.15) is 41.0 Å². The van der Waals surface area contributed by atoms with Gasteiger partial charge in [0.05, 0.1) is 16.3 Å². The number of hydrazine groups is 1. The summed E-state index contributed by atoms with van der Waals surface area (Å²) < 4.78 is 0.888. The SMILES string of the molecule is NC(N)=NCCC[C@H](NC(=O)[C@@H]1CCN2CC[C@](N)(Cc3ccccc3)C(=O)N12)C(=O)c1nc2ccccc2s1. The highest BCUT2D eigenvalue weighted by Crippen LogP contribution is 2.31. The number of aromatic nitrogens is 1. The molecule has 3 aromatic rings. The monoisotopic (exact) mass is 562 g/mol. The topological polar surface area (TPSA) is 173 Å². The van der Waals surface area contributed by atoms with E-state index in [1.54, 1.807) is 0 Å². The molecule has 2 aliphatic heterocycles. The predicted molar refractivity (Wildman–Crippen MR) is 154 cm³/mol. The molecule has 40 heavy (non-hydrogen) atoms. The third-order valence-corrected chi connectivity index (χ3v) is 8.51. The van der Waals surface area contributed by atoms with Crippen LogP contribution in [0.15, 0.2) is 59.6 Å². The molecule has 1 aromatic heterocycles. The van der Waals surface area contributed by atoms with Crippen LogP contribution in [0.3, 0.4) is 0 Å². The Kier molecular flexibility index (Phi) is 8.10. The minimum atomic E-state index is -1.11. The van der Waals surface area contributed by atoms with E-state index in [1.807, 2.05) is 59.6 Å². The Bertz CT molecular complexity index is 1390. The summed E-state index contributed by atoms with van der Waals surface area (Å²) in [4.78, 5) is 49.5. The van der Waals surface area contributed by atoms with E-state index >= 15 is 0 Å². The Morgan fingerprint density at radius 3 is 2.62 bits per heavy atom. The number of aliphatic imine (C=N–C) groups is 1. The fourth-order valence-corrected chi connectivity index (χ4v) is 6.34. The van der Waals surface area contributed by atoms with Crippen molar-refractivity contribution < 1.29 is 14.4 Å². The maximum Gasteiger partial charge on any atom is 0.258 e. The molecule has 2 aliphatic rings. The molecule has 2 aromatic carbocycles. The number of para-hydroxylation sites is 1. The molecule has 11 nitrogen and oxygen atoms in total. The number of carbonyl (C=O) groups excluding carboxylic acids is 3. The number of benzene rings is 2. The van der Waals surface area contributed by atoms with Gasteiger partial charge in [0, 0.05) is 19.6 Å². The lowest BCUT2D eigenvalue weighted by Crippen LogP contribution is -2.67. The van der Waals surface area contributed by atoms with Crippen molar-refractivity contribution in [1.82, 2.24) is 20.3 Å². The van der Waals surface area contributed by atoms with Gasteiger partial charge in [0.25, 0.3) is 5.91 Å². The first kappa shape index (κ1) is 27.7. The summed E-state index contributed by atoms with van der Waals surface area (Å²) in [5.74, 6) is -0.979. The molecule has 2 fully saturated rings. The fourth-order valence-electron chi connectivity index (χ4n) is 5.38. The second kappa shape index (κ2) is 11.7. The zero-order chi connectivity index (χ0) is 28.3. The molecule has 3 atom stereocenters. The number of hydrogen-bond donors (Lipinski definition) is 4. The number of amides is 2. The van der Waals surface area contributed by atoms with Gasteiger partial charge in [-0.3, -0.25) is 24.4 Å². The quantitative estimate of drug-likeness (QED) is 0.123. The Labute approximate surface area is 236 Å². The highest BCUT2D eigenvalue weighted by molar-refractivity contribution is 7.20. The van der Waals surface area contributed by atoms with Crippen LogP contribution in [0.4, 0.5) is 0 Å². The van der Waals surface area contributed by atoms with Crippen molar-refractivity contribution in [3.63, 3.8) is 0 Å². The molecular weight excluding hydrogens is 528 g/mol. The van der Waals surface area contributed by atoms with Crippen molar-refractivity contribution in [2.24, 2.45) is 22.2 Å². The number of nitrogens with one attached hydrogen (secondary N) is 1. The van der Waals surface area contributed by atoms with Gasteiger partial charge in [0.2, 0.25) is 11.7 Å². The molecule has 2 amide bonds. The van der Waals surface area contributed by atoms with Crippen LogP contribution in [0, 0.1) is 0 Å². The summed E-state index contributed by atoms with van der Waals surface area (Å²) in [6.45, 7) is 1.45. The molecule has 12 heteroatoms. The molecule has 0 unspecified atom stereocenters. The molecule has 2 saturated heterocycles. The van der Waals surface area contributed by atoms with Gasteiger partial charge in [-0.05, 0) is 49.8 Å². The van der Waals surface area contributed by atoms with E-state index in [0.717, 1.165) is 15.8 Å². The molecule has 5 rings (SSSR count). The van der Waals surface area contributed by atoms with Gasteiger partial charge in [-0.25, -0.2) is 9.99 Å². The zero-order valence-electron chi connectivity index (χ0n) is 22.2. The van der Waals surface area contributed by atoms with Crippen LogP contribution >= 0.6 is 11.3 Å². The number of rotatable bonds is 10. The maximum atomic E-state index is 13.7. The number of hydrogen-bond acceptors (Lipinski definition) is 8. The minimum absolute atomic E-state index is 0.0338. The Morgan fingerprint density at radius 2 is 1.88 bits per heavy atom. The van der Waals surface area contributed by atoms with Gasteiger partial charge in [-0.2, -0.15) is 0 Å².